The van der Waals surface area contributed by atoms with Crippen LogP contribution in [0.15, 0.2) is 94.1 Å². The van der Waals surface area contributed by atoms with Gasteiger partial charge in [-0.25, -0.2) is 4.85 Å². The molecular weight excluding hydrogens is 384 g/mol. The molecule has 0 saturated carbocycles. The van der Waals surface area contributed by atoms with Crippen molar-refractivity contribution in [2.75, 3.05) is 0 Å². The zero-order valence-electron chi connectivity index (χ0n) is 16.3. The van der Waals surface area contributed by atoms with Crippen LogP contribution < -0.4 is 5.43 Å². The first-order valence-electron chi connectivity index (χ1n) is 9.65. The van der Waals surface area contributed by atoms with E-state index in [1.54, 1.807) is 30.3 Å². The van der Waals surface area contributed by atoms with Crippen molar-refractivity contribution in [3.05, 3.63) is 112 Å². The number of fused-ring (bicyclic) bond motifs is 2. The molecular formula is C27H14N2O2. The van der Waals surface area contributed by atoms with Crippen LogP contribution in [0.4, 0.5) is 5.69 Å². The third-order valence-electron chi connectivity index (χ3n) is 5.35. The maximum Gasteiger partial charge on any atom is 0.200 e. The molecule has 5 aromatic rings. The maximum atomic E-state index is 13.3. The van der Waals surface area contributed by atoms with E-state index in [2.05, 4.69) is 10.9 Å². The lowest BCUT2D eigenvalue weighted by Gasteiger charge is -2.07. The molecule has 144 valence electrons. The summed E-state index contributed by atoms with van der Waals surface area (Å²) in [5, 5.41) is 10.0. The number of benzene rings is 4. The Hall–Kier alpha value is -4.67. The zero-order valence-corrected chi connectivity index (χ0v) is 16.3. The largest absolute Gasteiger partial charge is 0.456 e. The van der Waals surface area contributed by atoms with Gasteiger partial charge >= 0.3 is 0 Å². The average molecular weight is 398 g/mol. The summed E-state index contributed by atoms with van der Waals surface area (Å²) in [5.41, 5.74) is 5.76. The van der Waals surface area contributed by atoms with Gasteiger partial charge in [-0.1, -0.05) is 48.5 Å². The quantitative estimate of drug-likeness (QED) is 0.245. The van der Waals surface area contributed by atoms with Crippen molar-refractivity contribution in [3.63, 3.8) is 0 Å². The summed E-state index contributed by atoms with van der Waals surface area (Å²) in [7, 11) is 0. The highest BCUT2D eigenvalue weighted by Crippen LogP contribution is 2.29. The van der Waals surface area contributed by atoms with Crippen LogP contribution in [-0.4, -0.2) is 0 Å². The Balaban J connectivity index is 1.66. The van der Waals surface area contributed by atoms with Gasteiger partial charge in [-0.2, -0.15) is 5.26 Å². The van der Waals surface area contributed by atoms with Crippen LogP contribution in [0.2, 0.25) is 0 Å². The summed E-state index contributed by atoms with van der Waals surface area (Å²) in [4.78, 5) is 16.7. The molecule has 0 amide bonds. The number of nitrogens with zero attached hydrogens (tertiary/aromatic N) is 2. The van der Waals surface area contributed by atoms with E-state index in [0.717, 1.165) is 22.3 Å². The molecule has 31 heavy (non-hydrogen) atoms. The highest BCUT2D eigenvalue weighted by molar-refractivity contribution is 5.94. The molecule has 5 rings (SSSR count). The van der Waals surface area contributed by atoms with E-state index < -0.39 is 0 Å². The van der Waals surface area contributed by atoms with E-state index in [1.165, 1.54) is 0 Å². The molecule has 0 saturated heterocycles. The molecule has 0 aliphatic rings. The summed E-state index contributed by atoms with van der Waals surface area (Å²) >= 11 is 0. The predicted molar refractivity (Wildman–Crippen MR) is 122 cm³/mol. The van der Waals surface area contributed by atoms with E-state index in [-0.39, 0.29) is 5.43 Å². The third kappa shape index (κ3) is 3.23. The Morgan fingerprint density at radius 3 is 1.68 bits per heavy atom. The second-order valence-electron chi connectivity index (χ2n) is 7.20. The second-order valence-corrected chi connectivity index (χ2v) is 7.20. The van der Waals surface area contributed by atoms with Crippen molar-refractivity contribution in [2.24, 2.45) is 0 Å². The summed E-state index contributed by atoms with van der Waals surface area (Å²) in [6, 6.07) is 27.7. The van der Waals surface area contributed by atoms with E-state index >= 15 is 0 Å². The minimum atomic E-state index is -0.0913. The molecule has 1 aromatic heterocycles. The zero-order chi connectivity index (χ0) is 21.4. The number of hydrogen-bond acceptors (Lipinski definition) is 3. The van der Waals surface area contributed by atoms with Gasteiger partial charge in [0.15, 0.2) is 5.69 Å². The van der Waals surface area contributed by atoms with Crippen molar-refractivity contribution in [1.82, 2.24) is 0 Å². The Labute approximate surface area is 178 Å². The fraction of sp³-hybridized carbons (Fsp3) is 0. The highest BCUT2D eigenvalue weighted by Gasteiger charge is 2.11. The van der Waals surface area contributed by atoms with Crippen molar-refractivity contribution in [1.29, 1.82) is 5.26 Å². The fourth-order valence-electron chi connectivity index (χ4n) is 3.68. The Bertz CT molecular complexity index is 1480. The minimum absolute atomic E-state index is 0.0913. The molecule has 0 aliphatic carbocycles. The van der Waals surface area contributed by atoms with Gasteiger partial charge in [-0.3, -0.25) is 4.79 Å². The summed E-state index contributed by atoms with van der Waals surface area (Å²) in [6.07, 6.45) is 0. The topological polar surface area (TPSA) is 58.4 Å². The molecule has 0 fully saturated rings. The molecule has 4 aromatic carbocycles. The monoisotopic (exact) mass is 398 g/mol. The molecule has 0 radical (unpaired) electrons. The summed E-state index contributed by atoms with van der Waals surface area (Å²) < 4.78 is 6.00. The highest BCUT2D eigenvalue weighted by atomic mass is 16.3. The molecule has 0 spiro atoms. The molecule has 0 bridgehead atoms. The summed E-state index contributed by atoms with van der Waals surface area (Å²) in [5.74, 6) is 0. The van der Waals surface area contributed by atoms with Crippen molar-refractivity contribution in [2.45, 2.75) is 0 Å². The van der Waals surface area contributed by atoms with Gasteiger partial charge in [-0.05, 0) is 58.7 Å². The first-order chi connectivity index (χ1) is 15.2. The van der Waals surface area contributed by atoms with Gasteiger partial charge < -0.3 is 4.42 Å². The van der Waals surface area contributed by atoms with Gasteiger partial charge in [0, 0.05) is 0 Å². The lowest BCUT2D eigenvalue weighted by molar-refractivity contribution is 0.660. The molecule has 0 N–H and O–H groups in total. The lowest BCUT2D eigenvalue weighted by Crippen LogP contribution is -2.02. The SMILES string of the molecule is [C-]#[N+]c1ccc(-c2ccc3oc4ccc(-c5ccc(C#N)cc5)cc4c(=O)c3c2)cc1. The Morgan fingerprint density at radius 1 is 0.710 bits per heavy atom. The molecule has 0 aliphatic heterocycles. The fourth-order valence-corrected chi connectivity index (χ4v) is 3.68. The first kappa shape index (κ1) is 18.4. The second kappa shape index (κ2) is 7.30. The lowest BCUT2D eigenvalue weighted by atomic mass is 10.00. The van der Waals surface area contributed by atoms with E-state index in [0.29, 0.717) is 33.2 Å². The van der Waals surface area contributed by atoms with Crippen LogP contribution >= 0.6 is 0 Å². The van der Waals surface area contributed by atoms with Crippen LogP contribution in [0.1, 0.15) is 5.56 Å². The minimum Gasteiger partial charge on any atom is -0.456 e. The van der Waals surface area contributed by atoms with E-state index in [4.69, 9.17) is 16.3 Å². The van der Waals surface area contributed by atoms with E-state index in [1.807, 2.05) is 54.6 Å². The number of rotatable bonds is 2. The molecule has 4 heteroatoms. The first-order valence-corrected chi connectivity index (χ1v) is 9.65. The van der Waals surface area contributed by atoms with Crippen LogP contribution in [0.5, 0.6) is 0 Å². The van der Waals surface area contributed by atoms with Crippen LogP contribution in [0.25, 0.3) is 49.0 Å². The Kier molecular flexibility index (Phi) is 4.32. The van der Waals surface area contributed by atoms with Crippen molar-refractivity contribution >= 4 is 27.6 Å². The van der Waals surface area contributed by atoms with Crippen molar-refractivity contribution in [3.8, 4) is 28.3 Å². The van der Waals surface area contributed by atoms with Gasteiger partial charge in [0.05, 0.1) is 29.0 Å². The normalized spacial score (nSPS) is 10.6. The standard InChI is InChI=1S/C27H14N2O2/c1-29-22-10-6-19(7-11-22)21-9-13-26-24(15-21)27(30)23-14-20(8-12-25(23)31-26)18-4-2-17(16-28)3-5-18/h2-15H. The number of nitriles is 1. The van der Waals surface area contributed by atoms with E-state index in [9.17, 15) is 4.79 Å². The van der Waals surface area contributed by atoms with Crippen LogP contribution in [0, 0.1) is 17.9 Å². The molecule has 1 heterocycles. The Morgan fingerprint density at radius 2 is 1.19 bits per heavy atom. The molecule has 0 unspecified atom stereocenters. The smallest absolute Gasteiger partial charge is 0.200 e. The average Bonchev–Trinajstić information content (AvgIpc) is 2.84. The van der Waals surface area contributed by atoms with Gasteiger partial charge in [0.1, 0.15) is 11.2 Å². The molecule has 0 atom stereocenters. The van der Waals surface area contributed by atoms with Gasteiger partial charge in [-0.15, -0.1) is 0 Å². The van der Waals surface area contributed by atoms with Crippen LogP contribution in [-0.2, 0) is 0 Å². The van der Waals surface area contributed by atoms with Gasteiger partial charge in [0.25, 0.3) is 0 Å². The molecule has 4 nitrogen and oxygen atoms in total. The van der Waals surface area contributed by atoms with Gasteiger partial charge in [0.2, 0.25) is 5.43 Å². The summed E-state index contributed by atoms with van der Waals surface area (Å²) in [6.45, 7) is 7.09. The van der Waals surface area contributed by atoms with Crippen molar-refractivity contribution < 1.29 is 4.42 Å². The third-order valence-corrected chi connectivity index (χ3v) is 5.35. The number of hydrogen-bond donors (Lipinski definition) is 0. The van der Waals surface area contributed by atoms with Crippen LogP contribution in [0.3, 0.4) is 0 Å². The maximum absolute atomic E-state index is 13.3. The predicted octanol–water partition coefficient (Wildman–Crippen LogP) is 6.70.